The van der Waals surface area contributed by atoms with Gasteiger partial charge in [-0.25, -0.2) is 9.89 Å². The minimum atomic E-state index is -0.233. The highest BCUT2D eigenvalue weighted by Crippen LogP contribution is 2.29. The maximum Gasteiger partial charge on any atom is 0.343 e. The van der Waals surface area contributed by atoms with Crippen LogP contribution in [-0.4, -0.2) is 32.5 Å². The Bertz CT molecular complexity index is 802. The highest BCUT2D eigenvalue weighted by molar-refractivity contribution is 7.99. The number of thioether (sulfide) groups is 1. The minimum Gasteiger partial charge on any atom is -0.352 e. The molecule has 3 atom stereocenters. The van der Waals surface area contributed by atoms with Crippen molar-refractivity contribution in [1.82, 2.24) is 20.1 Å². The predicted molar refractivity (Wildman–Crippen MR) is 108 cm³/mol. The van der Waals surface area contributed by atoms with Crippen LogP contribution in [0.2, 0.25) is 0 Å². The van der Waals surface area contributed by atoms with E-state index in [-0.39, 0.29) is 23.4 Å². The van der Waals surface area contributed by atoms with E-state index < -0.39 is 0 Å². The van der Waals surface area contributed by atoms with Crippen molar-refractivity contribution in [3.05, 3.63) is 46.4 Å². The first-order chi connectivity index (χ1) is 13.0. The van der Waals surface area contributed by atoms with E-state index in [9.17, 15) is 9.59 Å². The van der Waals surface area contributed by atoms with Gasteiger partial charge in [0, 0.05) is 12.6 Å². The lowest BCUT2D eigenvalue weighted by Crippen LogP contribution is -2.44. The Morgan fingerprint density at radius 2 is 2.07 bits per heavy atom. The second-order valence-electron chi connectivity index (χ2n) is 7.43. The lowest BCUT2D eigenvalue weighted by molar-refractivity contribution is -0.120. The number of hydrogen-bond donors (Lipinski definition) is 2. The molecule has 6 nitrogen and oxygen atoms in total. The van der Waals surface area contributed by atoms with Crippen molar-refractivity contribution in [2.75, 3.05) is 5.75 Å². The molecular formula is C20H28N4O2S. The van der Waals surface area contributed by atoms with Crippen LogP contribution in [0.1, 0.15) is 38.7 Å². The fraction of sp³-hybridized carbons (Fsp3) is 0.550. The van der Waals surface area contributed by atoms with Gasteiger partial charge in [0.15, 0.2) is 5.16 Å². The van der Waals surface area contributed by atoms with Crippen LogP contribution in [0, 0.1) is 11.8 Å². The van der Waals surface area contributed by atoms with E-state index in [4.69, 9.17) is 0 Å². The first kappa shape index (κ1) is 19.7. The van der Waals surface area contributed by atoms with Gasteiger partial charge in [0.05, 0.1) is 5.75 Å². The zero-order valence-corrected chi connectivity index (χ0v) is 16.8. The van der Waals surface area contributed by atoms with Gasteiger partial charge in [0.1, 0.15) is 0 Å². The van der Waals surface area contributed by atoms with Crippen molar-refractivity contribution in [3.63, 3.8) is 0 Å². The second-order valence-corrected chi connectivity index (χ2v) is 8.37. The molecule has 1 heterocycles. The molecule has 1 saturated carbocycles. The quantitative estimate of drug-likeness (QED) is 0.715. The van der Waals surface area contributed by atoms with Gasteiger partial charge < -0.3 is 5.32 Å². The third-order valence-electron chi connectivity index (χ3n) is 5.58. The molecule has 2 aromatic rings. The van der Waals surface area contributed by atoms with Crippen LogP contribution in [0.5, 0.6) is 0 Å². The third-order valence-corrected chi connectivity index (χ3v) is 6.55. The van der Waals surface area contributed by atoms with Crippen LogP contribution in [0.3, 0.4) is 0 Å². The van der Waals surface area contributed by atoms with Gasteiger partial charge in [-0.3, -0.25) is 9.36 Å². The number of nitrogens with one attached hydrogen (secondary N) is 2. The predicted octanol–water partition coefficient (Wildman–Crippen LogP) is 2.85. The summed E-state index contributed by atoms with van der Waals surface area (Å²) in [4.78, 5) is 24.4. The van der Waals surface area contributed by atoms with Crippen LogP contribution >= 0.6 is 11.8 Å². The minimum absolute atomic E-state index is 0.0102. The molecule has 1 aromatic carbocycles. The summed E-state index contributed by atoms with van der Waals surface area (Å²) in [7, 11) is 0. The summed E-state index contributed by atoms with van der Waals surface area (Å²) >= 11 is 1.31. The highest BCUT2D eigenvalue weighted by atomic mass is 32.2. The lowest BCUT2D eigenvalue weighted by Gasteiger charge is -2.34. The summed E-state index contributed by atoms with van der Waals surface area (Å²) in [5.74, 6) is 1.43. The zero-order chi connectivity index (χ0) is 19.2. The molecule has 2 N–H and O–H groups in total. The molecule has 0 spiro atoms. The number of aryl methyl sites for hydroxylation is 1. The zero-order valence-electron chi connectivity index (χ0n) is 16.0. The molecule has 0 radical (unpaired) electrons. The summed E-state index contributed by atoms with van der Waals surface area (Å²) < 4.78 is 1.61. The molecular weight excluding hydrogens is 360 g/mol. The van der Waals surface area contributed by atoms with E-state index in [0.29, 0.717) is 23.5 Å². The van der Waals surface area contributed by atoms with E-state index in [1.807, 2.05) is 30.3 Å². The molecule has 1 amide bonds. The standard InChI is InChI=1S/C20H28N4O2S/c1-14-7-6-10-17(15(14)2)21-18(25)13-27-20-23-22-19(26)24(20)12-11-16-8-4-3-5-9-16/h3-5,8-9,14-15,17H,6-7,10-13H2,1-2H3,(H,21,25)(H,22,26). The van der Waals surface area contributed by atoms with E-state index in [0.717, 1.165) is 12.8 Å². The summed E-state index contributed by atoms with van der Waals surface area (Å²) in [6, 6.07) is 10.3. The number of benzene rings is 1. The Kier molecular flexibility index (Phi) is 6.77. The summed E-state index contributed by atoms with van der Waals surface area (Å²) in [5, 5.41) is 10.3. The van der Waals surface area contributed by atoms with Gasteiger partial charge in [-0.15, -0.1) is 5.10 Å². The van der Waals surface area contributed by atoms with Gasteiger partial charge in [-0.2, -0.15) is 0 Å². The Hall–Kier alpha value is -2.02. The number of rotatable bonds is 7. The van der Waals surface area contributed by atoms with Crippen LogP contribution in [0.25, 0.3) is 0 Å². The van der Waals surface area contributed by atoms with Gasteiger partial charge in [-0.1, -0.05) is 68.8 Å². The fourth-order valence-corrected chi connectivity index (χ4v) is 4.44. The van der Waals surface area contributed by atoms with Crippen LogP contribution in [0.15, 0.2) is 40.3 Å². The van der Waals surface area contributed by atoms with Crippen molar-refractivity contribution in [2.45, 2.75) is 57.3 Å². The topological polar surface area (TPSA) is 79.8 Å². The fourth-order valence-electron chi connectivity index (χ4n) is 3.66. The first-order valence-electron chi connectivity index (χ1n) is 9.66. The molecule has 3 unspecified atom stereocenters. The van der Waals surface area contributed by atoms with Crippen LogP contribution in [0.4, 0.5) is 0 Å². The molecule has 0 saturated heterocycles. The number of aromatic nitrogens is 3. The van der Waals surface area contributed by atoms with E-state index in [2.05, 4.69) is 29.4 Å². The molecule has 1 fully saturated rings. The van der Waals surface area contributed by atoms with Crippen molar-refractivity contribution in [2.24, 2.45) is 11.8 Å². The molecule has 7 heteroatoms. The molecule has 3 rings (SSSR count). The maximum atomic E-state index is 12.4. The summed E-state index contributed by atoms with van der Waals surface area (Å²) in [6.45, 7) is 5.02. The van der Waals surface area contributed by atoms with E-state index in [1.54, 1.807) is 4.57 Å². The molecule has 1 aliphatic carbocycles. The average Bonchev–Trinajstić information content (AvgIpc) is 3.02. The Labute approximate surface area is 164 Å². The van der Waals surface area contributed by atoms with Crippen molar-refractivity contribution < 1.29 is 4.79 Å². The van der Waals surface area contributed by atoms with E-state index >= 15 is 0 Å². The monoisotopic (exact) mass is 388 g/mol. The average molecular weight is 389 g/mol. The molecule has 0 bridgehead atoms. The molecule has 1 aromatic heterocycles. The molecule has 27 heavy (non-hydrogen) atoms. The van der Waals surface area contributed by atoms with Crippen molar-refractivity contribution in [1.29, 1.82) is 0 Å². The van der Waals surface area contributed by atoms with Crippen LogP contribution in [-0.2, 0) is 17.8 Å². The van der Waals surface area contributed by atoms with Crippen molar-refractivity contribution >= 4 is 17.7 Å². The summed E-state index contributed by atoms with van der Waals surface area (Å²) in [6.07, 6.45) is 4.20. The van der Waals surface area contributed by atoms with Crippen molar-refractivity contribution in [3.8, 4) is 0 Å². The maximum absolute atomic E-state index is 12.4. The normalized spacial score (nSPS) is 22.5. The Morgan fingerprint density at radius 3 is 2.85 bits per heavy atom. The molecule has 146 valence electrons. The Morgan fingerprint density at radius 1 is 1.30 bits per heavy atom. The number of carbonyl (C=O) groups is 1. The molecule has 0 aliphatic heterocycles. The SMILES string of the molecule is CC1CCCC(NC(=O)CSc2n[nH]c(=O)n2CCc2ccccc2)C1C. The second kappa shape index (κ2) is 9.26. The number of nitrogens with zero attached hydrogens (tertiary/aromatic N) is 2. The van der Waals surface area contributed by atoms with Crippen LogP contribution < -0.4 is 11.0 Å². The Balaban J connectivity index is 1.53. The number of hydrogen-bond acceptors (Lipinski definition) is 4. The number of H-pyrrole nitrogens is 1. The van der Waals surface area contributed by atoms with Gasteiger partial charge in [0.25, 0.3) is 0 Å². The number of amides is 1. The smallest absolute Gasteiger partial charge is 0.343 e. The first-order valence-corrected chi connectivity index (χ1v) is 10.6. The number of carbonyl (C=O) groups excluding carboxylic acids is 1. The van der Waals surface area contributed by atoms with Gasteiger partial charge in [0.2, 0.25) is 5.91 Å². The lowest BCUT2D eigenvalue weighted by atomic mass is 9.78. The molecule has 1 aliphatic rings. The van der Waals surface area contributed by atoms with Gasteiger partial charge in [-0.05, 0) is 30.2 Å². The summed E-state index contributed by atoms with van der Waals surface area (Å²) in [5.41, 5.74) is 0.934. The van der Waals surface area contributed by atoms with E-state index in [1.165, 1.54) is 30.2 Å². The number of aromatic amines is 1. The van der Waals surface area contributed by atoms with Gasteiger partial charge >= 0.3 is 5.69 Å². The highest BCUT2D eigenvalue weighted by Gasteiger charge is 2.28. The largest absolute Gasteiger partial charge is 0.352 e. The third kappa shape index (κ3) is 5.25.